The van der Waals surface area contributed by atoms with E-state index < -0.39 is 0 Å². The summed E-state index contributed by atoms with van der Waals surface area (Å²) in [5.41, 5.74) is 8.08. The molecule has 0 nitrogen and oxygen atoms in total. The van der Waals surface area contributed by atoms with E-state index in [9.17, 15) is 0 Å². The molecule has 0 aliphatic heterocycles. The van der Waals surface area contributed by atoms with Crippen LogP contribution in [0, 0.1) is 0 Å². The van der Waals surface area contributed by atoms with E-state index in [1.807, 2.05) is 0 Å². The van der Waals surface area contributed by atoms with Gasteiger partial charge >= 0.3 is 0 Å². The van der Waals surface area contributed by atoms with Crippen molar-refractivity contribution in [3.63, 3.8) is 0 Å². The average Bonchev–Trinajstić information content (AvgIpc) is 2.99. The lowest BCUT2D eigenvalue weighted by molar-refractivity contribution is 0.590. The zero-order valence-corrected chi connectivity index (χ0v) is 25.5. The standard InChI is InChI=1S/C42H38/c1-41(2,3)29-23-19-27(20-24-29)37-35-17-11-12-18-36(35)38(28-21-25-30(26-22-28)42(4,5)6)40-34-16-10-8-14-32(34)31-13-7-9-15-33(31)39(37)40/h7-26H,1-6H3. The van der Waals surface area contributed by atoms with Crippen molar-refractivity contribution in [1.82, 2.24) is 0 Å². The highest BCUT2D eigenvalue weighted by Crippen LogP contribution is 2.49. The fraction of sp³-hybridized carbons (Fsp3) is 0.190. The Kier molecular flexibility index (Phi) is 6.03. The molecule has 0 heteroatoms. The number of hydrogen-bond donors (Lipinski definition) is 0. The van der Waals surface area contributed by atoms with Crippen molar-refractivity contribution in [3.05, 3.63) is 132 Å². The normalized spacial score (nSPS) is 12.5. The van der Waals surface area contributed by atoms with Crippen LogP contribution in [0.3, 0.4) is 0 Å². The minimum Gasteiger partial charge on any atom is -0.0616 e. The Labute approximate surface area is 249 Å². The van der Waals surface area contributed by atoms with Gasteiger partial charge in [0.05, 0.1) is 0 Å². The molecule has 0 aliphatic rings. The molecule has 0 radical (unpaired) electrons. The third kappa shape index (κ3) is 4.21. The van der Waals surface area contributed by atoms with Crippen LogP contribution in [0.15, 0.2) is 121 Å². The van der Waals surface area contributed by atoms with E-state index in [-0.39, 0.29) is 10.8 Å². The van der Waals surface area contributed by atoms with E-state index in [4.69, 9.17) is 0 Å². The van der Waals surface area contributed by atoms with Crippen LogP contribution >= 0.6 is 0 Å². The van der Waals surface area contributed by atoms with Gasteiger partial charge in [-0.2, -0.15) is 0 Å². The van der Waals surface area contributed by atoms with E-state index in [0.29, 0.717) is 0 Å². The lowest BCUT2D eigenvalue weighted by atomic mass is 9.80. The molecule has 7 aromatic rings. The third-order valence-corrected chi connectivity index (χ3v) is 8.98. The van der Waals surface area contributed by atoms with Crippen LogP contribution in [0.2, 0.25) is 0 Å². The maximum atomic E-state index is 2.34. The van der Waals surface area contributed by atoms with Crippen LogP contribution < -0.4 is 0 Å². The number of fused-ring (bicyclic) bond motifs is 7. The second kappa shape index (κ2) is 9.57. The molecule has 0 atom stereocenters. The number of benzene rings is 7. The van der Waals surface area contributed by atoms with Crippen molar-refractivity contribution in [2.45, 2.75) is 52.4 Å². The molecule has 0 amide bonds. The summed E-state index contributed by atoms with van der Waals surface area (Å²) in [6.07, 6.45) is 0. The van der Waals surface area contributed by atoms with Crippen molar-refractivity contribution >= 4 is 43.1 Å². The van der Waals surface area contributed by atoms with Crippen LogP contribution in [-0.4, -0.2) is 0 Å². The van der Waals surface area contributed by atoms with Gasteiger partial charge in [0.25, 0.3) is 0 Å². The molecule has 0 aliphatic carbocycles. The molecule has 7 aromatic carbocycles. The van der Waals surface area contributed by atoms with Crippen molar-refractivity contribution < 1.29 is 0 Å². The van der Waals surface area contributed by atoms with E-state index in [1.54, 1.807) is 0 Å². The SMILES string of the molecule is CC(C)(C)c1ccc(-c2c3ccccc3c(-c3ccc(C(C)(C)C)cc3)c3c4ccccc4c4ccccc4c23)cc1. The number of hydrogen-bond acceptors (Lipinski definition) is 0. The summed E-state index contributed by atoms with van der Waals surface area (Å²) in [6.45, 7) is 13.7. The third-order valence-electron chi connectivity index (χ3n) is 8.98. The zero-order chi connectivity index (χ0) is 29.2. The van der Waals surface area contributed by atoms with E-state index in [2.05, 4.69) is 163 Å². The molecule has 42 heavy (non-hydrogen) atoms. The van der Waals surface area contributed by atoms with Crippen molar-refractivity contribution in [3.8, 4) is 22.3 Å². The quantitative estimate of drug-likeness (QED) is 0.150. The Hall–Kier alpha value is -4.42. The van der Waals surface area contributed by atoms with Crippen molar-refractivity contribution in [2.75, 3.05) is 0 Å². The van der Waals surface area contributed by atoms with E-state index >= 15 is 0 Å². The molecule has 0 saturated carbocycles. The van der Waals surface area contributed by atoms with Gasteiger partial charge in [0, 0.05) is 0 Å². The molecule has 7 rings (SSSR count). The summed E-state index contributed by atoms with van der Waals surface area (Å²) in [5.74, 6) is 0. The fourth-order valence-corrected chi connectivity index (χ4v) is 6.72. The van der Waals surface area contributed by atoms with Crippen LogP contribution in [0.25, 0.3) is 65.3 Å². The lowest BCUT2D eigenvalue weighted by Crippen LogP contribution is -2.10. The Morgan fingerprint density at radius 2 is 0.595 bits per heavy atom. The first-order chi connectivity index (χ1) is 20.1. The second-order valence-corrected chi connectivity index (χ2v) is 13.8. The predicted octanol–water partition coefficient (Wildman–Crippen LogP) is 12.2. The van der Waals surface area contributed by atoms with Crippen molar-refractivity contribution in [2.24, 2.45) is 0 Å². The molecule has 0 saturated heterocycles. The summed E-state index contributed by atoms with van der Waals surface area (Å²) in [4.78, 5) is 0. The van der Waals surface area contributed by atoms with E-state index in [0.717, 1.165) is 0 Å². The number of rotatable bonds is 2. The largest absolute Gasteiger partial charge is 0.0616 e. The maximum Gasteiger partial charge on any atom is -0.000764 e. The highest BCUT2D eigenvalue weighted by atomic mass is 14.3. The molecular weight excluding hydrogens is 504 g/mol. The maximum absolute atomic E-state index is 2.34. The van der Waals surface area contributed by atoms with Gasteiger partial charge in [0.2, 0.25) is 0 Å². The van der Waals surface area contributed by atoms with Crippen LogP contribution in [0.5, 0.6) is 0 Å². The molecule has 0 bridgehead atoms. The van der Waals surface area contributed by atoms with Gasteiger partial charge in [-0.1, -0.05) is 163 Å². The highest BCUT2D eigenvalue weighted by molar-refractivity contribution is 6.36. The average molecular weight is 543 g/mol. The monoisotopic (exact) mass is 542 g/mol. The Morgan fingerprint density at radius 3 is 0.905 bits per heavy atom. The molecule has 0 unspecified atom stereocenters. The van der Waals surface area contributed by atoms with Gasteiger partial charge in [0.15, 0.2) is 0 Å². The second-order valence-electron chi connectivity index (χ2n) is 13.8. The van der Waals surface area contributed by atoms with Gasteiger partial charge in [0.1, 0.15) is 0 Å². The van der Waals surface area contributed by atoms with Crippen molar-refractivity contribution in [1.29, 1.82) is 0 Å². The molecular formula is C42H38. The molecule has 0 aromatic heterocycles. The predicted molar refractivity (Wildman–Crippen MR) is 185 cm³/mol. The van der Waals surface area contributed by atoms with Crippen LogP contribution in [0.4, 0.5) is 0 Å². The summed E-state index contributed by atoms with van der Waals surface area (Å²) in [5, 5.41) is 10.5. The first-order valence-electron chi connectivity index (χ1n) is 15.1. The van der Waals surface area contributed by atoms with Crippen LogP contribution in [0.1, 0.15) is 52.7 Å². The van der Waals surface area contributed by atoms with Gasteiger partial charge in [-0.3, -0.25) is 0 Å². The van der Waals surface area contributed by atoms with Gasteiger partial charge in [-0.25, -0.2) is 0 Å². The Balaban J connectivity index is 1.71. The molecule has 0 N–H and O–H groups in total. The summed E-state index contributed by atoms with van der Waals surface area (Å²) in [6, 6.07) is 45.6. The highest BCUT2D eigenvalue weighted by Gasteiger charge is 2.22. The summed E-state index contributed by atoms with van der Waals surface area (Å²) < 4.78 is 0. The summed E-state index contributed by atoms with van der Waals surface area (Å²) in [7, 11) is 0. The summed E-state index contributed by atoms with van der Waals surface area (Å²) >= 11 is 0. The molecule has 0 heterocycles. The zero-order valence-electron chi connectivity index (χ0n) is 25.5. The Morgan fingerprint density at radius 1 is 0.310 bits per heavy atom. The minimum atomic E-state index is 0.106. The van der Waals surface area contributed by atoms with Gasteiger partial charge in [-0.15, -0.1) is 0 Å². The smallest absolute Gasteiger partial charge is 0.000764 e. The van der Waals surface area contributed by atoms with Gasteiger partial charge < -0.3 is 0 Å². The molecule has 0 spiro atoms. The topological polar surface area (TPSA) is 0 Å². The minimum absolute atomic E-state index is 0.106. The molecule has 0 fully saturated rings. The Bertz CT molecular complexity index is 1960. The van der Waals surface area contributed by atoms with E-state index in [1.165, 1.54) is 76.5 Å². The molecule has 206 valence electrons. The lowest BCUT2D eigenvalue weighted by Gasteiger charge is -2.23. The van der Waals surface area contributed by atoms with Crippen LogP contribution in [-0.2, 0) is 10.8 Å². The first kappa shape index (κ1) is 26.5. The first-order valence-corrected chi connectivity index (χ1v) is 15.1. The fourth-order valence-electron chi connectivity index (χ4n) is 6.72. The van der Waals surface area contributed by atoms with Gasteiger partial charge in [-0.05, 0) is 87.3 Å².